The second-order valence-corrected chi connectivity index (χ2v) is 12.1. The summed E-state index contributed by atoms with van der Waals surface area (Å²) in [6.45, 7) is 3.53. The van der Waals surface area contributed by atoms with E-state index in [1.165, 1.54) is 35.6 Å². The highest BCUT2D eigenvalue weighted by atomic mass is 32.1. The highest BCUT2D eigenvalue weighted by Crippen LogP contribution is 2.33. The van der Waals surface area contributed by atoms with Crippen molar-refractivity contribution in [3.8, 4) is 10.6 Å². The summed E-state index contributed by atoms with van der Waals surface area (Å²) in [5.74, 6) is -0.832. The van der Waals surface area contributed by atoms with Crippen LogP contribution in [0.25, 0.3) is 10.6 Å². The molecule has 41 heavy (non-hydrogen) atoms. The SMILES string of the molecule is CCCCOC(=O)N1CCN(C(=O)C(Cc2ccc(P(=O)(O)O)cc2)NC(=O)c2csc(-c3ccccc3)n2)CC1. The normalized spacial score (nSPS) is 14.4. The van der Waals surface area contributed by atoms with E-state index < -0.39 is 25.6 Å². The Kier molecular flexibility index (Phi) is 10.3. The first-order chi connectivity index (χ1) is 19.7. The van der Waals surface area contributed by atoms with Gasteiger partial charge in [-0.25, -0.2) is 9.78 Å². The molecule has 218 valence electrons. The van der Waals surface area contributed by atoms with Gasteiger partial charge in [-0.1, -0.05) is 55.8 Å². The Balaban J connectivity index is 1.47. The van der Waals surface area contributed by atoms with Crippen molar-refractivity contribution in [2.24, 2.45) is 0 Å². The molecule has 3 N–H and O–H groups in total. The van der Waals surface area contributed by atoms with E-state index in [1.807, 2.05) is 37.3 Å². The maximum Gasteiger partial charge on any atom is 0.409 e. The summed E-state index contributed by atoms with van der Waals surface area (Å²) in [6, 6.07) is 14.2. The van der Waals surface area contributed by atoms with E-state index in [0.717, 1.165) is 18.4 Å². The van der Waals surface area contributed by atoms with Crippen molar-refractivity contribution >= 4 is 42.1 Å². The lowest BCUT2D eigenvalue weighted by atomic mass is 10.0. The van der Waals surface area contributed by atoms with Gasteiger partial charge in [0.15, 0.2) is 0 Å². The highest BCUT2D eigenvalue weighted by molar-refractivity contribution is 7.60. The van der Waals surface area contributed by atoms with Gasteiger partial charge >= 0.3 is 13.7 Å². The standard InChI is InChI=1S/C28H33N4O7PS/c1-2-3-17-39-28(35)32-15-13-31(14-16-32)27(34)23(18-20-9-11-22(12-10-20)40(36,37)38)29-25(33)24-19-41-26(30-24)21-7-5-4-6-8-21/h4-12,19,23H,2-3,13-18H2,1H3,(H,29,33)(H2,36,37,38). The van der Waals surface area contributed by atoms with E-state index in [2.05, 4.69) is 10.3 Å². The molecule has 13 heteroatoms. The lowest BCUT2D eigenvalue weighted by Gasteiger charge is -2.36. The van der Waals surface area contributed by atoms with Crippen molar-refractivity contribution in [1.29, 1.82) is 0 Å². The third-order valence-electron chi connectivity index (χ3n) is 6.65. The predicted octanol–water partition coefficient (Wildman–Crippen LogP) is 3.04. The predicted molar refractivity (Wildman–Crippen MR) is 155 cm³/mol. The molecule has 0 saturated carbocycles. The summed E-state index contributed by atoms with van der Waals surface area (Å²) in [7, 11) is -4.42. The summed E-state index contributed by atoms with van der Waals surface area (Å²) in [5, 5.41) is 4.99. The molecule has 11 nitrogen and oxygen atoms in total. The fourth-order valence-electron chi connectivity index (χ4n) is 4.31. The largest absolute Gasteiger partial charge is 0.449 e. The minimum absolute atomic E-state index is 0.0982. The number of nitrogens with zero attached hydrogens (tertiary/aromatic N) is 3. The van der Waals surface area contributed by atoms with Gasteiger partial charge in [-0.05, 0) is 24.1 Å². The third kappa shape index (κ3) is 8.23. The average molecular weight is 601 g/mol. The Labute approximate surface area is 242 Å². The number of amides is 3. The molecule has 1 aromatic heterocycles. The summed E-state index contributed by atoms with van der Waals surface area (Å²) in [6.07, 6.45) is 1.39. The summed E-state index contributed by atoms with van der Waals surface area (Å²) >= 11 is 1.32. The molecule has 1 saturated heterocycles. The lowest BCUT2D eigenvalue weighted by molar-refractivity contribution is -0.134. The summed E-state index contributed by atoms with van der Waals surface area (Å²) < 4.78 is 16.8. The van der Waals surface area contributed by atoms with Crippen LogP contribution in [0.15, 0.2) is 60.0 Å². The number of piperazine rings is 1. The molecule has 0 radical (unpaired) electrons. The molecule has 2 aromatic carbocycles. The van der Waals surface area contributed by atoms with Crippen LogP contribution in [0.1, 0.15) is 35.8 Å². The zero-order valence-electron chi connectivity index (χ0n) is 22.6. The quantitative estimate of drug-likeness (QED) is 0.238. The van der Waals surface area contributed by atoms with Gasteiger partial charge in [-0.15, -0.1) is 11.3 Å². The number of rotatable bonds is 10. The van der Waals surface area contributed by atoms with Gasteiger partial charge in [0.1, 0.15) is 16.7 Å². The molecule has 1 atom stereocenters. The van der Waals surface area contributed by atoms with E-state index >= 15 is 0 Å². The van der Waals surface area contributed by atoms with Gasteiger partial charge in [0, 0.05) is 43.5 Å². The van der Waals surface area contributed by atoms with Crippen molar-refractivity contribution in [3.63, 3.8) is 0 Å². The van der Waals surface area contributed by atoms with Gasteiger partial charge in [0.2, 0.25) is 5.91 Å². The number of ether oxygens (including phenoxy) is 1. The second-order valence-electron chi connectivity index (χ2n) is 9.62. The van der Waals surface area contributed by atoms with Gasteiger partial charge in [-0.3, -0.25) is 14.2 Å². The molecule has 3 aromatic rings. The van der Waals surface area contributed by atoms with Gasteiger partial charge in [-0.2, -0.15) is 0 Å². The van der Waals surface area contributed by atoms with E-state index in [9.17, 15) is 28.7 Å². The second kappa shape index (κ2) is 13.9. The van der Waals surface area contributed by atoms with Crippen LogP contribution in [-0.4, -0.2) is 81.3 Å². The number of benzene rings is 2. The fourth-order valence-corrected chi connectivity index (χ4v) is 5.65. The maximum atomic E-state index is 13.6. The van der Waals surface area contributed by atoms with Crippen LogP contribution < -0.4 is 10.6 Å². The number of aromatic nitrogens is 1. The van der Waals surface area contributed by atoms with Crippen molar-refractivity contribution < 1.29 is 33.5 Å². The average Bonchev–Trinajstić information content (AvgIpc) is 3.48. The minimum Gasteiger partial charge on any atom is -0.449 e. The molecule has 1 fully saturated rings. The van der Waals surface area contributed by atoms with Crippen LogP contribution in [0, 0.1) is 0 Å². The Morgan fingerprint density at radius 1 is 1.02 bits per heavy atom. The van der Waals surface area contributed by atoms with Crippen molar-refractivity contribution in [2.75, 3.05) is 32.8 Å². The van der Waals surface area contributed by atoms with Crippen molar-refractivity contribution in [3.05, 3.63) is 71.2 Å². The summed E-state index contributed by atoms with van der Waals surface area (Å²) in [4.78, 5) is 65.6. The molecular formula is C28H33N4O7PS. The molecule has 4 rings (SSSR count). The maximum absolute atomic E-state index is 13.6. The van der Waals surface area contributed by atoms with Crippen LogP contribution in [-0.2, 0) is 20.5 Å². The van der Waals surface area contributed by atoms with E-state index in [0.29, 0.717) is 30.3 Å². The van der Waals surface area contributed by atoms with Crippen molar-refractivity contribution in [1.82, 2.24) is 20.1 Å². The number of thiazole rings is 1. The number of hydrogen-bond donors (Lipinski definition) is 3. The molecule has 0 spiro atoms. The monoisotopic (exact) mass is 600 g/mol. The Bertz CT molecular complexity index is 1390. The first kappa shape index (κ1) is 30.4. The zero-order valence-corrected chi connectivity index (χ0v) is 24.4. The molecule has 3 amide bonds. The van der Waals surface area contributed by atoms with E-state index in [-0.39, 0.29) is 36.4 Å². The molecule has 2 heterocycles. The van der Waals surface area contributed by atoms with E-state index in [4.69, 9.17) is 4.74 Å². The summed E-state index contributed by atoms with van der Waals surface area (Å²) in [5.41, 5.74) is 1.67. The van der Waals surface area contributed by atoms with Crippen LogP contribution >= 0.6 is 18.9 Å². The number of carbonyl (C=O) groups excluding carboxylic acids is 3. The van der Waals surface area contributed by atoms with Gasteiger partial charge < -0.3 is 29.6 Å². The Hall–Kier alpha value is -3.57. The third-order valence-corrected chi connectivity index (χ3v) is 8.51. The van der Waals surface area contributed by atoms with Crippen LogP contribution in [0.4, 0.5) is 4.79 Å². The Morgan fingerprint density at radius 3 is 2.32 bits per heavy atom. The number of hydrogen-bond acceptors (Lipinski definition) is 7. The molecule has 1 aliphatic rings. The highest BCUT2D eigenvalue weighted by Gasteiger charge is 2.31. The van der Waals surface area contributed by atoms with Crippen molar-refractivity contribution in [2.45, 2.75) is 32.2 Å². The van der Waals surface area contributed by atoms with Crippen LogP contribution in [0.5, 0.6) is 0 Å². The first-order valence-corrected chi connectivity index (χ1v) is 15.8. The van der Waals surface area contributed by atoms with Gasteiger partial charge in [0.05, 0.1) is 11.9 Å². The molecule has 1 unspecified atom stereocenters. The minimum atomic E-state index is -4.42. The number of unbranched alkanes of at least 4 members (excludes halogenated alkanes) is 1. The topological polar surface area (TPSA) is 149 Å². The molecule has 1 aliphatic heterocycles. The van der Waals surface area contributed by atoms with Gasteiger partial charge in [0.25, 0.3) is 5.91 Å². The molecular weight excluding hydrogens is 567 g/mol. The fraction of sp³-hybridized carbons (Fsp3) is 0.357. The van der Waals surface area contributed by atoms with E-state index in [1.54, 1.807) is 15.2 Å². The molecule has 0 bridgehead atoms. The smallest absolute Gasteiger partial charge is 0.409 e. The zero-order chi connectivity index (χ0) is 29.4. The number of nitrogens with one attached hydrogen (secondary N) is 1. The lowest BCUT2D eigenvalue weighted by Crippen LogP contribution is -2.56. The van der Waals surface area contributed by atoms with Crippen LogP contribution in [0.3, 0.4) is 0 Å². The Morgan fingerprint density at radius 2 is 1.68 bits per heavy atom. The number of carbonyl (C=O) groups is 3. The molecule has 0 aliphatic carbocycles. The first-order valence-electron chi connectivity index (χ1n) is 13.3. The van der Waals surface area contributed by atoms with Crippen LogP contribution in [0.2, 0.25) is 0 Å².